The van der Waals surface area contributed by atoms with Crippen molar-refractivity contribution >= 4 is 21.4 Å². The smallest absolute Gasteiger partial charge is 0.305 e. The van der Waals surface area contributed by atoms with Crippen LogP contribution < -0.4 is 4.87 Å². The number of H-pyrrole nitrogens is 1. The van der Waals surface area contributed by atoms with Gasteiger partial charge < -0.3 is 10.1 Å². The Hall–Kier alpha value is -0.700. The molecule has 1 saturated heterocycles. The quantitative estimate of drug-likeness (QED) is 0.753. The first-order valence-electron chi connectivity index (χ1n) is 4.79. The number of aromatic nitrogens is 1. The van der Waals surface area contributed by atoms with Crippen molar-refractivity contribution in [1.29, 1.82) is 0 Å². The lowest BCUT2D eigenvalue weighted by Crippen LogP contribution is -2.29. The zero-order valence-corrected chi connectivity index (χ0v) is 10.3. The van der Waals surface area contributed by atoms with Crippen molar-refractivity contribution in [2.24, 2.45) is 0 Å². The maximum atomic E-state index is 12.1. The fourth-order valence-corrected chi connectivity index (χ4v) is 4.61. The summed E-state index contributed by atoms with van der Waals surface area (Å²) >= 11 is 0.687. The van der Waals surface area contributed by atoms with Gasteiger partial charge in [0.2, 0.25) is 0 Å². The van der Waals surface area contributed by atoms with Crippen LogP contribution in [0.4, 0.5) is 0 Å². The van der Waals surface area contributed by atoms with E-state index >= 15 is 0 Å². The Bertz CT molecular complexity index is 545. The Kier molecular flexibility index (Phi) is 2.91. The van der Waals surface area contributed by atoms with E-state index < -0.39 is 16.1 Å². The van der Waals surface area contributed by atoms with Gasteiger partial charge in [-0.05, 0) is 13.3 Å². The molecule has 2 heterocycles. The normalized spacial score (nSPS) is 22.8. The zero-order valence-electron chi connectivity index (χ0n) is 8.63. The summed E-state index contributed by atoms with van der Waals surface area (Å²) in [5.41, 5.74) is 0.358. The molecule has 0 spiro atoms. The van der Waals surface area contributed by atoms with Gasteiger partial charge in [-0.15, -0.1) is 0 Å². The van der Waals surface area contributed by atoms with Crippen LogP contribution in [0, 0.1) is 6.92 Å². The van der Waals surface area contributed by atoms with Gasteiger partial charge in [-0.1, -0.05) is 11.3 Å². The lowest BCUT2D eigenvalue weighted by Gasteiger charge is -2.14. The molecule has 0 radical (unpaired) electrons. The predicted octanol–water partition coefficient (Wildman–Crippen LogP) is -0.500. The number of sulfonamides is 1. The third-order valence-corrected chi connectivity index (χ3v) is 5.93. The van der Waals surface area contributed by atoms with Crippen molar-refractivity contribution in [3.05, 3.63) is 15.4 Å². The van der Waals surface area contributed by atoms with Crippen LogP contribution in [0.5, 0.6) is 0 Å². The molecule has 8 heteroatoms. The number of aromatic amines is 1. The van der Waals surface area contributed by atoms with Crippen LogP contribution in [0.25, 0.3) is 0 Å². The molecular formula is C8H12N2O4S2. The van der Waals surface area contributed by atoms with Gasteiger partial charge in [0, 0.05) is 18.8 Å². The molecule has 0 aromatic carbocycles. The van der Waals surface area contributed by atoms with Crippen molar-refractivity contribution in [1.82, 2.24) is 9.29 Å². The van der Waals surface area contributed by atoms with E-state index in [9.17, 15) is 18.3 Å². The highest BCUT2D eigenvalue weighted by Crippen LogP contribution is 2.24. The molecule has 0 aliphatic carbocycles. The SMILES string of the molecule is Cc1[nH]c(=O)sc1S(=O)(=O)N1CC[C@H](O)C1. The Morgan fingerprint density at radius 2 is 2.25 bits per heavy atom. The first kappa shape index (κ1) is 11.8. The fraction of sp³-hybridized carbons (Fsp3) is 0.625. The second-order valence-electron chi connectivity index (χ2n) is 3.73. The zero-order chi connectivity index (χ0) is 11.9. The number of hydrogen-bond donors (Lipinski definition) is 2. The van der Waals surface area contributed by atoms with Crippen molar-refractivity contribution < 1.29 is 13.5 Å². The summed E-state index contributed by atoms with van der Waals surface area (Å²) in [6.45, 7) is 1.96. The van der Waals surface area contributed by atoms with Crippen LogP contribution in [0.15, 0.2) is 9.00 Å². The highest BCUT2D eigenvalue weighted by molar-refractivity contribution is 7.91. The van der Waals surface area contributed by atoms with Gasteiger partial charge in [-0.2, -0.15) is 4.31 Å². The second-order valence-corrected chi connectivity index (χ2v) is 6.85. The molecule has 1 aliphatic rings. The summed E-state index contributed by atoms with van der Waals surface area (Å²) in [6.07, 6.45) is -0.164. The Morgan fingerprint density at radius 1 is 1.56 bits per heavy atom. The molecule has 90 valence electrons. The van der Waals surface area contributed by atoms with Gasteiger partial charge in [-0.25, -0.2) is 8.42 Å². The van der Waals surface area contributed by atoms with Crippen molar-refractivity contribution in [2.75, 3.05) is 13.1 Å². The third-order valence-electron chi connectivity index (χ3n) is 2.48. The number of aliphatic hydroxyl groups is 1. The molecule has 2 N–H and O–H groups in total. The Morgan fingerprint density at radius 3 is 2.69 bits per heavy atom. The maximum absolute atomic E-state index is 12.1. The van der Waals surface area contributed by atoms with Gasteiger partial charge in [0.1, 0.15) is 0 Å². The molecule has 0 saturated carbocycles. The summed E-state index contributed by atoms with van der Waals surface area (Å²) in [6, 6.07) is 0. The molecule has 1 aliphatic heterocycles. The van der Waals surface area contributed by atoms with Crippen LogP contribution in [0.1, 0.15) is 12.1 Å². The Labute approximate surface area is 96.6 Å². The molecule has 1 fully saturated rings. The van der Waals surface area contributed by atoms with E-state index in [-0.39, 0.29) is 15.6 Å². The number of nitrogens with zero attached hydrogens (tertiary/aromatic N) is 1. The van der Waals surface area contributed by atoms with Gasteiger partial charge in [0.05, 0.1) is 6.10 Å². The van der Waals surface area contributed by atoms with Crippen LogP contribution in [-0.4, -0.2) is 42.0 Å². The summed E-state index contributed by atoms with van der Waals surface area (Å²) in [5, 5.41) is 9.31. The van der Waals surface area contributed by atoms with Crippen LogP contribution in [0.3, 0.4) is 0 Å². The molecular weight excluding hydrogens is 252 g/mol. The lowest BCUT2D eigenvalue weighted by atomic mass is 10.3. The minimum atomic E-state index is -3.62. The number of thiazole rings is 1. The molecule has 1 aromatic rings. The molecule has 0 unspecified atom stereocenters. The minimum absolute atomic E-state index is 0.0478. The number of aliphatic hydroxyl groups excluding tert-OH is 1. The van der Waals surface area contributed by atoms with Gasteiger partial charge in [0.25, 0.3) is 10.0 Å². The number of aryl methyl sites for hydroxylation is 1. The van der Waals surface area contributed by atoms with E-state index in [0.717, 1.165) is 0 Å². The van der Waals surface area contributed by atoms with E-state index in [1.54, 1.807) is 6.92 Å². The first-order chi connectivity index (χ1) is 7.41. The third kappa shape index (κ3) is 1.93. The fourth-order valence-electron chi connectivity index (χ4n) is 1.68. The number of β-amino-alcohol motifs (C(OH)–C–C–N with tert-alkyl or cyclic N) is 1. The van der Waals surface area contributed by atoms with E-state index in [1.165, 1.54) is 4.31 Å². The van der Waals surface area contributed by atoms with Crippen molar-refractivity contribution in [2.45, 2.75) is 23.7 Å². The molecule has 0 amide bonds. The van der Waals surface area contributed by atoms with Crippen molar-refractivity contribution in [3.63, 3.8) is 0 Å². The predicted molar refractivity (Wildman–Crippen MR) is 59.1 cm³/mol. The average molecular weight is 264 g/mol. The molecule has 6 nitrogen and oxygen atoms in total. The van der Waals surface area contributed by atoms with E-state index in [1.807, 2.05) is 0 Å². The maximum Gasteiger partial charge on any atom is 0.305 e. The van der Waals surface area contributed by atoms with Gasteiger partial charge in [0.15, 0.2) is 4.21 Å². The molecule has 2 rings (SSSR count). The summed E-state index contributed by atoms with van der Waals surface area (Å²) in [5.74, 6) is 0. The summed E-state index contributed by atoms with van der Waals surface area (Å²) in [4.78, 5) is 13.1. The molecule has 16 heavy (non-hydrogen) atoms. The van der Waals surface area contributed by atoms with E-state index in [0.29, 0.717) is 30.0 Å². The first-order valence-corrected chi connectivity index (χ1v) is 7.05. The summed E-state index contributed by atoms with van der Waals surface area (Å²) < 4.78 is 25.4. The van der Waals surface area contributed by atoms with E-state index in [2.05, 4.69) is 4.98 Å². The van der Waals surface area contributed by atoms with Gasteiger partial charge >= 0.3 is 4.87 Å². The molecule has 1 atom stereocenters. The van der Waals surface area contributed by atoms with Gasteiger partial charge in [-0.3, -0.25) is 4.79 Å². The highest BCUT2D eigenvalue weighted by Gasteiger charge is 2.33. The summed E-state index contributed by atoms with van der Waals surface area (Å²) in [7, 11) is -3.62. The number of rotatable bonds is 2. The number of hydrogen-bond acceptors (Lipinski definition) is 5. The average Bonchev–Trinajstić information content (AvgIpc) is 2.73. The van der Waals surface area contributed by atoms with Crippen LogP contribution in [0.2, 0.25) is 0 Å². The largest absolute Gasteiger partial charge is 0.392 e. The Balaban J connectivity index is 2.39. The highest BCUT2D eigenvalue weighted by atomic mass is 32.2. The topological polar surface area (TPSA) is 90.5 Å². The standard InChI is InChI=1S/C8H12N2O4S2/c1-5-7(15-8(12)9-5)16(13,14)10-3-2-6(11)4-10/h6,11H,2-4H2,1H3,(H,9,12)/t6-/m0/s1. The van der Waals surface area contributed by atoms with Crippen LogP contribution >= 0.6 is 11.3 Å². The number of nitrogens with one attached hydrogen (secondary N) is 1. The minimum Gasteiger partial charge on any atom is -0.392 e. The molecule has 0 bridgehead atoms. The van der Waals surface area contributed by atoms with Crippen LogP contribution in [-0.2, 0) is 10.0 Å². The monoisotopic (exact) mass is 264 g/mol. The molecule has 1 aromatic heterocycles. The lowest BCUT2D eigenvalue weighted by molar-refractivity contribution is 0.189. The second kappa shape index (κ2) is 3.95. The van der Waals surface area contributed by atoms with E-state index in [4.69, 9.17) is 0 Å². The van der Waals surface area contributed by atoms with Crippen molar-refractivity contribution in [3.8, 4) is 0 Å².